The third-order valence-electron chi connectivity index (χ3n) is 7.47. The number of carbonyl (C=O) groups excluding carboxylic acids is 1. The van der Waals surface area contributed by atoms with E-state index in [9.17, 15) is 27.9 Å². The molecule has 0 bridgehead atoms. The molecular formula is C29H42F3N5O4. The number of piperidine rings is 1. The molecule has 9 nitrogen and oxygen atoms in total. The van der Waals surface area contributed by atoms with Gasteiger partial charge < -0.3 is 19.6 Å². The molecule has 0 spiro atoms. The number of para-hydroxylation sites is 1. The van der Waals surface area contributed by atoms with E-state index in [4.69, 9.17) is 4.74 Å². The number of ether oxygens (including phenoxy) is 1. The number of amides is 2. The zero-order valence-electron chi connectivity index (χ0n) is 24.7. The average molecular weight is 582 g/mol. The first-order chi connectivity index (χ1) is 19.3. The molecular weight excluding hydrogens is 539 g/mol. The van der Waals surface area contributed by atoms with Crippen molar-refractivity contribution < 1.29 is 32.6 Å². The fraction of sp³-hybridized carbons (Fsp3) is 0.655. The second-order valence-corrected chi connectivity index (χ2v) is 12.2. The summed E-state index contributed by atoms with van der Waals surface area (Å²) < 4.78 is 50.1. The minimum Gasteiger partial charge on any atom is -0.465 e. The summed E-state index contributed by atoms with van der Waals surface area (Å²) in [5, 5.41) is 18.3. The first kappa shape index (κ1) is 32.4. The van der Waals surface area contributed by atoms with Crippen LogP contribution in [0.1, 0.15) is 70.1 Å². The number of alkyl halides is 2. The van der Waals surface area contributed by atoms with Crippen molar-refractivity contribution in [3.8, 4) is 5.69 Å². The summed E-state index contributed by atoms with van der Waals surface area (Å²) in [5.41, 5.74) is -0.208. The monoisotopic (exact) mass is 581 g/mol. The molecule has 0 aliphatic carbocycles. The van der Waals surface area contributed by atoms with Crippen LogP contribution in [-0.2, 0) is 11.2 Å². The standard InChI is InChI=1S/C29H42F3N5O4/c1-18(2)16-35(19-15-20(26(31)32)25(29(3,4)5)36(17-19)28(39)40)27(38)24-23(13-9-10-14-41-6)37(34-33-24)22-12-8-7-11-21(22)30/h7-8,11-12,18-20,25-26H,9-10,13-17H2,1-6H3,(H,39,40)/t19-,20+,25?/m0/s1. The van der Waals surface area contributed by atoms with E-state index in [1.807, 2.05) is 13.8 Å². The minimum atomic E-state index is -2.78. The molecule has 1 aliphatic rings. The summed E-state index contributed by atoms with van der Waals surface area (Å²) in [6, 6.07) is 4.29. The van der Waals surface area contributed by atoms with E-state index in [1.54, 1.807) is 40.0 Å². The number of methoxy groups -OCH3 is 1. The Hall–Kier alpha value is -3.15. The molecule has 1 saturated heterocycles. The second kappa shape index (κ2) is 13.7. The largest absolute Gasteiger partial charge is 0.465 e. The van der Waals surface area contributed by atoms with Crippen LogP contribution in [0.2, 0.25) is 0 Å². The molecule has 1 aromatic heterocycles. The number of unbranched alkanes of at least 4 members (excludes halogenated alkanes) is 1. The van der Waals surface area contributed by atoms with Crippen molar-refractivity contribution in [2.45, 2.75) is 78.8 Å². The molecule has 12 heteroatoms. The van der Waals surface area contributed by atoms with E-state index in [2.05, 4.69) is 10.3 Å². The van der Waals surface area contributed by atoms with Crippen LogP contribution < -0.4 is 0 Å². The highest BCUT2D eigenvalue weighted by molar-refractivity contribution is 5.93. The first-order valence-electron chi connectivity index (χ1n) is 14.0. The van der Waals surface area contributed by atoms with Gasteiger partial charge in [0, 0.05) is 38.8 Å². The minimum absolute atomic E-state index is 0.000244. The number of hydrogen-bond donors (Lipinski definition) is 1. The Balaban J connectivity index is 2.06. The summed E-state index contributed by atoms with van der Waals surface area (Å²) in [6.07, 6.45) is -2.51. The predicted octanol–water partition coefficient (Wildman–Crippen LogP) is 5.52. The van der Waals surface area contributed by atoms with Gasteiger partial charge in [-0.15, -0.1) is 5.10 Å². The number of rotatable bonds is 11. The van der Waals surface area contributed by atoms with Crippen molar-refractivity contribution in [1.29, 1.82) is 0 Å². The zero-order chi connectivity index (χ0) is 30.5. The molecule has 1 aromatic carbocycles. The fourth-order valence-corrected chi connectivity index (χ4v) is 5.84. The molecule has 0 saturated carbocycles. The maximum Gasteiger partial charge on any atom is 0.407 e. The van der Waals surface area contributed by atoms with Crippen molar-refractivity contribution in [1.82, 2.24) is 24.8 Å². The Morgan fingerprint density at radius 2 is 1.88 bits per heavy atom. The van der Waals surface area contributed by atoms with Crippen LogP contribution in [0.5, 0.6) is 0 Å². The van der Waals surface area contributed by atoms with Gasteiger partial charge in [-0.1, -0.05) is 52.0 Å². The van der Waals surface area contributed by atoms with Gasteiger partial charge in [-0.05, 0) is 49.1 Å². The third kappa shape index (κ3) is 7.58. The van der Waals surface area contributed by atoms with Gasteiger partial charge in [0.1, 0.15) is 11.5 Å². The van der Waals surface area contributed by atoms with Crippen LogP contribution >= 0.6 is 0 Å². The lowest BCUT2D eigenvalue weighted by atomic mass is 9.73. The van der Waals surface area contributed by atoms with E-state index in [0.717, 1.165) is 4.90 Å². The van der Waals surface area contributed by atoms with Gasteiger partial charge in [-0.2, -0.15) is 0 Å². The molecule has 3 atom stereocenters. The molecule has 1 unspecified atom stereocenters. The lowest BCUT2D eigenvalue weighted by molar-refractivity contribution is -0.0691. The van der Waals surface area contributed by atoms with Gasteiger partial charge in [0.25, 0.3) is 5.91 Å². The molecule has 2 aromatic rings. The third-order valence-corrected chi connectivity index (χ3v) is 7.47. The second-order valence-electron chi connectivity index (χ2n) is 12.2. The van der Waals surface area contributed by atoms with Crippen LogP contribution in [-0.4, -0.2) is 87.2 Å². The van der Waals surface area contributed by atoms with Crippen molar-refractivity contribution in [3.05, 3.63) is 41.5 Å². The summed E-state index contributed by atoms with van der Waals surface area (Å²) >= 11 is 0. The van der Waals surface area contributed by atoms with Crippen LogP contribution in [0.25, 0.3) is 5.69 Å². The quantitative estimate of drug-likeness (QED) is 0.351. The number of aromatic nitrogens is 3. The molecule has 0 radical (unpaired) electrons. The Kier molecular flexibility index (Phi) is 10.8. The summed E-state index contributed by atoms with van der Waals surface area (Å²) in [5.74, 6) is -2.39. The average Bonchev–Trinajstić information content (AvgIpc) is 3.31. The van der Waals surface area contributed by atoms with Gasteiger partial charge in [-0.25, -0.2) is 22.6 Å². The molecule has 1 N–H and O–H groups in total. The molecule has 3 rings (SSSR count). The number of nitrogens with zero attached hydrogens (tertiary/aromatic N) is 5. The van der Waals surface area contributed by atoms with Crippen molar-refractivity contribution in [3.63, 3.8) is 0 Å². The highest BCUT2D eigenvalue weighted by atomic mass is 19.3. The normalized spacial score (nSPS) is 19.7. The highest BCUT2D eigenvalue weighted by Gasteiger charge is 2.50. The van der Waals surface area contributed by atoms with Gasteiger partial charge in [0.05, 0.1) is 11.7 Å². The highest BCUT2D eigenvalue weighted by Crippen LogP contribution is 2.40. The molecule has 41 heavy (non-hydrogen) atoms. The lowest BCUT2D eigenvalue weighted by Crippen LogP contribution is -2.63. The Morgan fingerprint density at radius 3 is 2.44 bits per heavy atom. The number of hydrogen-bond acceptors (Lipinski definition) is 5. The predicted molar refractivity (Wildman–Crippen MR) is 148 cm³/mol. The molecule has 2 heterocycles. The number of benzene rings is 1. The van der Waals surface area contributed by atoms with Crippen LogP contribution in [0.15, 0.2) is 24.3 Å². The Labute approximate surface area is 239 Å². The Bertz CT molecular complexity index is 1180. The topological polar surface area (TPSA) is 101 Å². The van der Waals surface area contributed by atoms with Crippen molar-refractivity contribution in [2.24, 2.45) is 17.3 Å². The van der Waals surface area contributed by atoms with Crippen LogP contribution in [0.4, 0.5) is 18.0 Å². The molecule has 1 aliphatic heterocycles. The maximum absolute atomic E-state index is 14.8. The van der Waals surface area contributed by atoms with Gasteiger partial charge in [0.15, 0.2) is 5.69 Å². The number of likely N-dealkylation sites (tertiary alicyclic amines) is 1. The number of carboxylic acid groups (broad SMARTS) is 1. The maximum atomic E-state index is 14.8. The summed E-state index contributed by atoms with van der Waals surface area (Å²) in [6.45, 7) is 9.62. The van der Waals surface area contributed by atoms with E-state index in [-0.39, 0.29) is 36.8 Å². The van der Waals surface area contributed by atoms with E-state index in [1.165, 1.54) is 21.7 Å². The first-order valence-corrected chi connectivity index (χ1v) is 14.0. The van der Waals surface area contributed by atoms with Crippen LogP contribution in [0, 0.1) is 23.1 Å². The molecule has 228 valence electrons. The molecule has 1 fully saturated rings. The van der Waals surface area contributed by atoms with E-state index in [0.29, 0.717) is 31.6 Å². The van der Waals surface area contributed by atoms with Crippen molar-refractivity contribution >= 4 is 12.0 Å². The van der Waals surface area contributed by atoms with E-state index >= 15 is 0 Å². The SMILES string of the molecule is COCCCCc1c(C(=O)N(CC(C)C)[C@H]2C[C@@H](C(F)F)C(C(C)(C)C)N(C(=O)O)C2)nnn1-c1ccccc1F. The van der Waals surface area contributed by atoms with Crippen LogP contribution in [0.3, 0.4) is 0 Å². The Morgan fingerprint density at radius 1 is 1.20 bits per heavy atom. The lowest BCUT2D eigenvalue weighted by Gasteiger charge is -2.51. The summed E-state index contributed by atoms with van der Waals surface area (Å²) in [4.78, 5) is 29.0. The zero-order valence-corrected chi connectivity index (χ0v) is 24.7. The molecule has 2 amide bonds. The fourth-order valence-electron chi connectivity index (χ4n) is 5.84. The number of halogens is 3. The van der Waals surface area contributed by atoms with E-state index < -0.39 is 47.7 Å². The number of carbonyl (C=O) groups is 2. The summed E-state index contributed by atoms with van der Waals surface area (Å²) in [7, 11) is 1.59. The van der Waals surface area contributed by atoms with Gasteiger partial charge >= 0.3 is 6.09 Å². The van der Waals surface area contributed by atoms with Gasteiger partial charge in [0.2, 0.25) is 6.43 Å². The smallest absolute Gasteiger partial charge is 0.407 e. The van der Waals surface area contributed by atoms with Gasteiger partial charge in [-0.3, -0.25) is 4.79 Å². The van der Waals surface area contributed by atoms with Crippen molar-refractivity contribution in [2.75, 3.05) is 26.8 Å².